The summed E-state index contributed by atoms with van der Waals surface area (Å²) in [5, 5.41) is 2.95. The van der Waals surface area contributed by atoms with Gasteiger partial charge in [0.25, 0.3) is 0 Å². The van der Waals surface area contributed by atoms with Crippen LogP contribution in [0.2, 0.25) is 0 Å². The summed E-state index contributed by atoms with van der Waals surface area (Å²) in [6.07, 6.45) is 4.48. The first-order chi connectivity index (χ1) is 12.5. The fraction of sp³-hybridized carbons (Fsp3) is 0.500. The Morgan fingerprint density at radius 2 is 1.92 bits per heavy atom. The molecule has 1 aliphatic heterocycles. The van der Waals surface area contributed by atoms with Gasteiger partial charge in [0.15, 0.2) is 10.9 Å². The third-order valence-corrected chi connectivity index (χ3v) is 6.12. The van der Waals surface area contributed by atoms with Crippen molar-refractivity contribution in [3.05, 3.63) is 23.8 Å². The molecule has 2 amide bonds. The van der Waals surface area contributed by atoms with E-state index in [1.807, 2.05) is 0 Å². The number of rotatable bonds is 3. The van der Waals surface area contributed by atoms with Crippen LogP contribution in [0.15, 0.2) is 12.1 Å². The van der Waals surface area contributed by atoms with E-state index in [4.69, 9.17) is 0 Å². The Labute approximate surface area is 153 Å². The molecule has 4 rings (SSSR count). The van der Waals surface area contributed by atoms with Crippen LogP contribution in [0.1, 0.15) is 32.1 Å². The Morgan fingerprint density at radius 1 is 1.15 bits per heavy atom. The molecule has 138 valence electrons. The van der Waals surface area contributed by atoms with E-state index < -0.39 is 11.6 Å². The Kier molecular flexibility index (Phi) is 4.60. The van der Waals surface area contributed by atoms with Crippen molar-refractivity contribution in [3.63, 3.8) is 0 Å². The smallest absolute Gasteiger partial charge is 0.231 e. The maximum atomic E-state index is 13.8. The van der Waals surface area contributed by atoms with Gasteiger partial charge in [0.2, 0.25) is 11.8 Å². The Bertz CT molecular complexity index is 865. The SMILES string of the molecule is O=C(Nc1nc2c(F)cc(F)cc2s1)C1CCCN(C(=O)C2CCC2)C1. The maximum absolute atomic E-state index is 13.8. The zero-order valence-electron chi connectivity index (χ0n) is 14.1. The summed E-state index contributed by atoms with van der Waals surface area (Å²) >= 11 is 1.04. The van der Waals surface area contributed by atoms with Gasteiger partial charge in [0.1, 0.15) is 11.3 Å². The largest absolute Gasteiger partial charge is 0.342 e. The van der Waals surface area contributed by atoms with Crippen molar-refractivity contribution in [2.75, 3.05) is 18.4 Å². The van der Waals surface area contributed by atoms with E-state index in [9.17, 15) is 18.4 Å². The second-order valence-electron chi connectivity index (χ2n) is 6.99. The van der Waals surface area contributed by atoms with Crippen LogP contribution in [0.5, 0.6) is 0 Å². The summed E-state index contributed by atoms with van der Waals surface area (Å²) in [5.41, 5.74) is 0.0529. The van der Waals surface area contributed by atoms with Crippen molar-refractivity contribution >= 4 is 38.5 Å². The van der Waals surface area contributed by atoms with E-state index in [-0.39, 0.29) is 34.3 Å². The fourth-order valence-electron chi connectivity index (χ4n) is 3.52. The zero-order chi connectivity index (χ0) is 18.3. The van der Waals surface area contributed by atoms with Gasteiger partial charge in [-0.1, -0.05) is 17.8 Å². The maximum Gasteiger partial charge on any atom is 0.231 e. The predicted octanol–water partition coefficient (Wildman–Crippen LogP) is 3.55. The number of likely N-dealkylation sites (tertiary alicyclic amines) is 1. The number of benzene rings is 1. The number of piperidine rings is 1. The van der Waals surface area contributed by atoms with Crippen molar-refractivity contribution in [3.8, 4) is 0 Å². The number of hydrogen-bond donors (Lipinski definition) is 1. The second kappa shape index (κ2) is 6.90. The molecule has 0 radical (unpaired) electrons. The number of halogens is 2. The van der Waals surface area contributed by atoms with E-state index in [1.54, 1.807) is 4.90 Å². The van der Waals surface area contributed by atoms with Crippen LogP contribution in [-0.4, -0.2) is 34.8 Å². The Hall–Kier alpha value is -2.09. The van der Waals surface area contributed by atoms with Gasteiger partial charge in [0, 0.05) is 25.1 Å². The summed E-state index contributed by atoms with van der Waals surface area (Å²) in [6.45, 7) is 1.11. The number of aromatic nitrogens is 1. The first-order valence-electron chi connectivity index (χ1n) is 8.86. The van der Waals surface area contributed by atoms with Gasteiger partial charge in [-0.15, -0.1) is 0 Å². The number of nitrogens with zero attached hydrogens (tertiary/aromatic N) is 2. The molecule has 2 aliphatic rings. The fourth-order valence-corrected chi connectivity index (χ4v) is 4.43. The molecule has 2 fully saturated rings. The molecule has 1 saturated carbocycles. The number of carbonyl (C=O) groups is 2. The lowest BCUT2D eigenvalue weighted by Crippen LogP contribution is -2.47. The molecule has 26 heavy (non-hydrogen) atoms. The first-order valence-corrected chi connectivity index (χ1v) is 9.68. The summed E-state index contributed by atoms with van der Waals surface area (Å²) < 4.78 is 27.4. The standard InChI is InChI=1S/C18H19F2N3O2S/c19-12-7-13(20)15-14(8-12)26-18(21-15)22-16(24)11-5-2-6-23(9-11)17(25)10-3-1-4-10/h7-8,10-11H,1-6,9H2,(H,21,22,24). The summed E-state index contributed by atoms with van der Waals surface area (Å²) in [4.78, 5) is 30.8. The number of nitrogens with one attached hydrogen (secondary N) is 1. The number of thiazole rings is 1. The topological polar surface area (TPSA) is 62.3 Å². The van der Waals surface area contributed by atoms with Gasteiger partial charge < -0.3 is 10.2 Å². The van der Waals surface area contributed by atoms with E-state index in [1.165, 1.54) is 6.07 Å². The lowest BCUT2D eigenvalue weighted by molar-refractivity contribution is -0.141. The van der Waals surface area contributed by atoms with Gasteiger partial charge in [-0.3, -0.25) is 9.59 Å². The molecule has 1 aliphatic carbocycles. The average Bonchev–Trinajstić information content (AvgIpc) is 2.96. The molecule has 1 N–H and O–H groups in total. The van der Waals surface area contributed by atoms with Crippen LogP contribution in [0.25, 0.3) is 10.2 Å². The Balaban J connectivity index is 1.44. The van der Waals surface area contributed by atoms with Crippen molar-refractivity contribution in [2.24, 2.45) is 11.8 Å². The van der Waals surface area contributed by atoms with Crippen LogP contribution in [0, 0.1) is 23.5 Å². The van der Waals surface area contributed by atoms with Gasteiger partial charge in [0.05, 0.1) is 10.6 Å². The van der Waals surface area contributed by atoms with E-state index in [0.29, 0.717) is 24.2 Å². The molecule has 2 aromatic rings. The average molecular weight is 379 g/mol. The molecule has 1 aromatic carbocycles. The third kappa shape index (κ3) is 3.30. The zero-order valence-corrected chi connectivity index (χ0v) is 15.0. The highest BCUT2D eigenvalue weighted by atomic mass is 32.1. The van der Waals surface area contributed by atoms with Gasteiger partial charge in [-0.2, -0.15) is 0 Å². The Morgan fingerprint density at radius 3 is 2.65 bits per heavy atom. The predicted molar refractivity (Wildman–Crippen MR) is 94.8 cm³/mol. The minimum atomic E-state index is -0.744. The molecular weight excluding hydrogens is 360 g/mol. The molecule has 2 heterocycles. The molecule has 0 spiro atoms. The highest BCUT2D eigenvalue weighted by Gasteiger charge is 2.34. The number of fused-ring (bicyclic) bond motifs is 1. The molecule has 5 nitrogen and oxygen atoms in total. The lowest BCUT2D eigenvalue weighted by atomic mass is 9.83. The van der Waals surface area contributed by atoms with E-state index in [0.717, 1.165) is 43.1 Å². The number of hydrogen-bond acceptors (Lipinski definition) is 4. The van der Waals surface area contributed by atoms with Crippen LogP contribution in [0.3, 0.4) is 0 Å². The van der Waals surface area contributed by atoms with Crippen LogP contribution in [0.4, 0.5) is 13.9 Å². The minimum Gasteiger partial charge on any atom is -0.342 e. The molecule has 1 atom stereocenters. The number of amides is 2. The normalized spacial score (nSPS) is 20.8. The van der Waals surface area contributed by atoms with Crippen LogP contribution in [-0.2, 0) is 9.59 Å². The monoisotopic (exact) mass is 379 g/mol. The first kappa shape index (κ1) is 17.3. The minimum absolute atomic E-state index is 0.0529. The molecular formula is C18H19F2N3O2S. The lowest BCUT2D eigenvalue weighted by Gasteiger charge is -2.36. The quantitative estimate of drug-likeness (QED) is 0.887. The molecule has 0 bridgehead atoms. The van der Waals surface area contributed by atoms with Crippen molar-refractivity contribution in [1.82, 2.24) is 9.88 Å². The second-order valence-corrected chi connectivity index (χ2v) is 8.02. The molecule has 8 heteroatoms. The number of anilines is 1. The van der Waals surface area contributed by atoms with Gasteiger partial charge in [-0.25, -0.2) is 13.8 Å². The van der Waals surface area contributed by atoms with Gasteiger partial charge >= 0.3 is 0 Å². The summed E-state index contributed by atoms with van der Waals surface area (Å²) in [6, 6.07) is 1.98. The van der Waals surface area contributed by atoms with Crippen LogP contribution < -0.4 is 5.32 Å². The highest BCUT2D eigenvalue weighted by Crippen LogP contribution is 2.31. The number of carbonyl (C=O) groups excluding carboxylic acids is 2. The highest BCUT2D eigenvalue weighted by molar-refractivity contribution is 7.22. The van der Waals surface area contributed by atoms with Crippen molar-refractivity contribution in [1.29, 1.82) is 0 Å². The molecule has 1 aromatic heterocycles. The van der Waals surface area contributed by atoms with E-state index >= 15 is 0 Å². The summed E-state index contributed by atoms with van der Waals surface area (Å²) in [5.74, 6) is -1.66. The molecule has 1 saturated heterocycles. The third-order valence-electron chi connectivity index (χ3n) is 5.20. The molecule has 1 unspecified atom stereocenters. The summed E-state index contributed by atoms with van der Waals surface area (Å²) in [7, 11) is 0. The van der Waals surface area contributed by atoms with E-state index in [2.05, 4.69) is 10.3 Å². The van der Waals surface area contributed by atoms with Crippen molar-refractivity contribution in [2.45, 2.75) is 32.1 Å². The van der Waals surface area contributed by atoms with Gasteiger partial charge in [-0.05, 0) is 31.7 Å². The van der Waals surface area contributed by atoms with Crippen LogP contribution >= 0.6 is 11.3 Å². The van der Waals surface area contributed by atoms with Crippen molar-refractivity contribution < 1.29 is 18.4 Å².